The molecule has 2 rings (SSSR count). The number of unbranched alkanes of at least 4 members (excludes halogenated alkanes) is 2. The first kappa shape index (κ1) is 15.2. The molecule has 0 aliphatic rings. The van der Waals surface area contributed by atoms with Crippen LogP contribution in [0.2, 0.25) is 0 Å². The van der Waals surface area contributed by atoms with E-state index in [0.717, 1.165) is 18.7 Å². The summed E-state index contributed by atoms with van der Waals surface area (Å²) in [6.45, 7) is 7.23. The van der Waals surface area contributed by atoms with E-state index in [9.17, 15) is 0 Å². The van der Waals surface area contributed by atoms with Crippen molar-refractivity contribution >= 4 is 17.5 Å². The zero-order valence-electron chi connectivity index (χ0n) is 13.0. The summed E-state index contributed by atoms with van der Waals surface area (Å²) in [5.74, 6) is 1.27. The predicted octanol–water partition coefficient (Wildman–Crippen LogP) is 3.83. The lowest BCUT2D eigenvalue weighted by atomic mass is 10.1. The molecule has 0 saturated carbocycles. The van der Waals surface area contributed by atoms with Gasteiger partial charge in [0.1, 0.15) is 0 Å². The van der Waals surface area contributed by atoms with E-state index in [1.54, 1.807) is 6.20 Å². The van der Waals surface area contributed by atoms with E-state index in [2.05, 4.69) is 64.8 Å². The normalized spacial score (nSPS) is 10.4. The molecule has 1 aromatic carbocycles. The van der Waals surface area contributed by atoms with E-state index < -0.39 is 0 Å². The van der Waals surface area contributed by atoms with Crippen molar-refractivity contribution in [2.75, 3.05) is 17.2 Å². The molecule has 0 fully saturated rings. The number of nitrogens with zero attached hydrogens (tertiary/aromatic N) is 3. The minimum atomic E-state index is 0.570. The largest absolute Gasteiger partial charge is 0.353 e. The van der Waals surface area contributed by atoms with Crippen LogP contribution >= 0.6 is 0 Å². The van der Waals surface area contributed by atoms with Crippen molar-refractivity contribution in [1.29, 1.82) is 0 Å². The van der Waals surface area contributed by atoms with E-state index in [1.165, 1.54) is 24.0 Å². The standard InChI is InChI=1S/C16H23N5/c1-4-5-6-9-17-16-20-15(11-18-21-16)19-14-8-7-12(2)10-13(14)3/h7-8,10-11H,4-6,9H2,1-3H3,(H2,17,19,20,21). The first-order valence-electron chi connectivity index (χ1n) is 7.47. The van der Waals surface area contributed by atoms with Gasteiger partial charge in [-0.15, -0.1) is 5.10 Å². The molecule has 0 unspecified atom stereocenters. The number of hydrogen-bond acceptors (Lipinski definition) is 5. The first-order valence-corrected chi connectivity index (χ1v) is 7.47. The molecule has 0 aliphatic heterocycles. The van der Waals surface area contributed by atoms with Gasteiger partial charge >= 0.3 is 0 Å². The van der Waals surface area contributed by atoms with Crippen LogP contribution in [0.5, 0.6) is 0 Å². The van der Waals surface area contributed by atoms with Crippen molar-refractivity contribution in [3.8, 4) is 0 Å². The van der Waals surface area contributed by atoms with Crippen molar-refractivity contribution in [3.63, 3.8) is 0 Å². The third kappa shape index (κ3) is 4.70. The lowest BCUT2D eigenvalue weighted by Gasteiger charge is -2.10. The van der Waals surface area contributed by atoms with Crippen LogP contribution in [0.15, 0.2) is 24.4 Å². The SMILES string of the molecule is CCCCCNc1nncc(Nc2ccc(C)cc2C)n1. The summed E-state index contributed by atoms with van der Waals surface area (Å²) in [6.07, 6.45) is 5.17. The van der Waals surface area contributed by atoms with E-state index in [-0.39, 0.29) is 0 Å². The number of nitrogens with one attached hydrogen (secondary N) is 2. The summed E-state index contributed by atoms with van der Waals surface area (Å²) < 4.78 is 0. The molecule has 112 valence electrons. The number of hydrogen-bond donors (Lipinski definition) is 2. The topological polar surface area (TPSA) is 62.7 Å². The molecule has 1 aromatic heterocycles. The molecular formula is C16H23N5. The number of aromatic nitrogens is 3. The van der Waals surface area contributed by atoms with E-state index in [1.807, 2.05) is 0 Å². The van der Waals surface area contributed by atoms with Crippen molar-refractivity contribution in [3.05, 3.63) is 35.5 Å². The molecule has 2 N–H and O–H groups in total. The second-order valence-electron chi connectivity index (χ2n) is 5.24. The third-order valence-corrected chi connectivity index (χ3v) is 3.27. The predicted molar refractivity (Wildman–Crippen MR) is 87.0 cm³/mol. The Morgan fingerprint density at radius 1 is 1.14 bits per heavy atom. The summed E-state index contributed by atoms with van der Waals surface area (Å²) in [5.41, 5.74) is 3.47. The third-order valence-electron chi connectivity index (χ3n) is 3.27. The molecule has 2 aromatic rings. The van der Waals surface area contributed by atoms with Crippen LogP contribution in [0.25, 0.3) is 0 Å². The molecule has 0 atom stereocenters. The van der Waals surface area contributed by atoms with Gasteiger partial charge in [-0.05, 0) is 31.9 Å². The van der Waals surface area contributed by atoms with Crippen molar-refractivity contribution < 1.29 is 0 Å². The fraction of sp³-hybridized carbons (Fsp3) is 0.438. The Morgan fingerprint density at radius 2 is 2.00 bits per heavy atom. The van der Waals surface area contributed by atoms with Crippen LogP contribution in [0.3, 0.4) is 0 Å². The van der Waals surface area contributed by atoms with Crippen molar-refractivity contribution in [2.45, 2.75) is 40.0 Å². The molecule has 0 radical (unpaired) electrons. The summed E-state index contributed by atoms with van der Waals surface area (Å²) in [6, 6.07) is 6.27. The Labute approximate surface area is 126 Å². The smallest absolute Gasteiger partial charge is 0.244 e. The highest BCUT2D eigenvalue weighted by Gasteiger charge is 2.03. The molecule has 1 heterocycles. The van der Waals surface area contributed by atoms with Gasteiger partial charge in [-0.1, -0.05) is 37.5 Å². The molecule has 0 bridgehead atoms. The highest BCUT2D eigenvalue weighted by molar-refractivity contribution is 5.60. The highest BCUT2D eigenvalue weighted by Crippen LogP contribution is 2.20. The van der Waals surface area contributed by atoms with Gasteiger partial charge in [-0.2, -0.15) is 10.1 Å². The number of rotatable bonds is 7. The minimum absolute atomic E-state index is 0.570. The van der Waals surface area contributed by atoms with Crippen LogP contribution in [-0.4, -0.2) is 21.7 Å². The maximum Gasteiger partial charge on any atom is 0.244 e. The molecule has 0 saturated heterocycles. The summed E-state index contributed by atoms with van der Waals surface area (Å²) >= 11 is 0. The Bertz CT molecular complexity index is 583. The van der Waals surface area contributed by atoms with E-state index >= 15 is 0 Å². The van der Waals surface area contributed by atoms with Gasteiger partial charge in [-0.25, -0.2) is 0 Å². The Morgan fingerprint density at radius 3 is 2.76 bits per heavy atom. The summed E-state index contributed by atoms with van der Waals surface area (Å²) in [7, 11) is 0. The minimum Gasteiger partial charge on any atom is -0.353 e. The Kier molecular flexibility index (Phi) is 5.49. The van der Waals surface area contributed by atoms with Gasteiger partial charge in [0.05, 0.1) is 6.20 Å². The monoisotopic (exact) mass is 285 g/mol. The van der Waals surface area contributed by atoms with Gasteiger partial charge in [0.2, 0.25) is 5.95 Å². The van der Waals surface area contributed by atoms with Crippen LogP contribution in [0.1, 0.15) is 37.3 Å². The van der Waals surface area contributed by atoms with Gasteiger partial charge < -0.3 is 10.6 Å². The molecule has 5 heteroatoms. The quantitative estimate of drug-likeness (QED) is 0.757. The molecule has 21 heavy (non-hydrogen) atoms. The van der Waals surface area contributed by atoms with Crippen LogP contribution in [0.4, 0.5) is 17.5 Å². The van der Waals surface area contributed by atoms with Gasteiger partial charge in [0, 0.05) is 12.2 Å². The van der Waals surface area contributed by atoms with Crippen molar-refractivity contribution in [2.24, 2.45) is 0 Å². The Hall–Kier alpha value is -2.17. The molecule has 0 spiro atoms. The fourth-order valence-corrected chi connectivity index (χ4v) is 2.11. The van der Waals surface area contributed by atoms with Crippen LogP contribution < -0.4 is 10.6 Å². The maximum atomic E-state index is 4.43. The maximum absolute atomic E-state index is 4.43. The summed E-state index contributed by atoms with van der Waals surface area (Å²) in [5, 5.41) is 14.5. The fourth-order valence-electron chi connectivity index (χ4n) is 2.11. The molecular weight excluding hydrogens is 262 g/mol. The van der Waals surface area contributed by atoms with E-state index in [4.69, 9.17) is 0 Å². The molecule has 0 aliphatic carbocycles. The average molecular weight is 285 g/mol. The van der Waals surface area contributed by atoms with Gasteiger partial charge in [-0.3, -0.25) is 0 Å². The van der Waals surface area contributed by atoms with Crippen molar-refractivity contribution in [1.82, 2.24) is 15.2 Å². The highest BCUT2D eigenvalue weighted by atomic mass is 15.3. The lowest BCUT2D eigenvalue weighted by molar-refractivity contribution is 0.738. The molecule has 0 amide bonds. The number of benzene rings is 1. The van der Waals surface area contributed by atoms with Crippen LogP contribution in [0, 0.1) is 13.8 Å². The van der Waals surface area contributed by atoms with E-state index in [0.29, 0.717) is 11.8 Å². The second-order valence-corrected chi connectivity index (χ2v) is 5.24. The second kappa shape index (κ2) is 7.57. The average Bonchev–Trinajstić information content (AvgIpc) is 2.47. The zero-order valence-corrected chi connectivity index (χ0v) is 13.0. The molecule has 5 nitrogen and oxygen atoms in total. The Balaban J connectivity index is 2.00. The van der Waals surface area contributed by atoms with Gasteiger partial charge in [0.25, 0.3) is 0 Å². The first-order chi connectivity index (χ1) is 10.2. The summed E-state index contributed by atoms with van der Waals surface area (Å²) in [4.78, 5) is 4.43. The zero-order chi connectivity index (χ0) is 15.1. The lowest BCUT2D eigenvalue weighted by Crippen LogP contribution is -2.07. The van der Waals surface area contributed by atoms with Crippen LogP contribution in [-0.2, 0) is 0 Å². The number of anilines is 3. The number of aryl methyl sites for hydroxylation is 2. The van der Waals surface area contributed by atoms with Gasteiger partial charge in [0.15, 0.2) is 5.82 Å².